The van der Waals surface area contributed by atoms with E-state index in [2.05, 4.69) is 11.4 Å². The zero-order valence-corrected chi connectivity index (χ0v) is 13.7. The number of nitrogens with one attached hydrogen (secondary N) is 1. The van der Waals surface area contributed by atoms with E-state index in [1.807, 2.05) is 24.3 Å². The normalized spacial score (nSPS) is 19.0. The Balaban J connectivity index is 1.36. The van der Waals surface area contributed by atoms with E-state index in [-0.39, 0.29) is 12.0 Å². The average molecular weight is 329 g/mol. The van der Waals surface area contributed by atoms with Gasteiger partial charge in [0.05, 0.1) is 11.4 Å². The largest absolute Gasteiger partial charge is 0.486 e. The highest BCUT2D eigenvalue weighted by Crippen LogP contribution is 2.31. The Morgan fingerprint density at radius 2 is 2.04 bits per heavy atom. The second kappa shape index (κ2) is 6.24. The zero-order valence-electron chi connectivity index (χ0n) is 12.8. The van der Waals surface area contributed by atoms with Crippen LogP contribution in [-0.4, -0.2) is 25.2 Å². The lowest BCUT2D eigenvalue weighted by Gasteiger charge is -2.26. The van der Waals surface area contributed by atoms with Gasteiger partial charge in [0.1, 0.15) is 12.7 Å². The van der Waals surface area contributed by atoms with Crippen LogP contribution >= 0.6 is 11.3 Å². The van der Waals surface area contributed by atoms with Crippen molar-refractivity contribution in [3.8, 4) is 11.5 Å². The van der Waals surface area contributed by atoms with Crippen molar-refractivity contribution in [3.05, 3.63) is 45.6 Å². The summed E-state index contributed by atoms with van der Waals surface area (Å²) in [7, 11) is 0. The first kappa shape index (κ1) is 14.6. The minimum absolute atomic E-state index is 0.00754. The smallest absolute Gasteiger partial charge is 0.261 e. The third-order valence-electron chi connectivity index (χ3n) is 4.28. The average Bonchev–Trinajstić information content (AvgIpc) is 3.04. The molecular weight excluding hydrogens is 310 g/mol. The summed E-state index contributed by atoms with van der Waals surface area (Å²) in [6, 6.07) is 9.67. The molecular formula is C18H19NO3S. The van der Waals surface area contributed by atoms with Crippen molar-refractivity contribution >= 4 is 17.2 Å². The Kier molecular flexibility index (Phi) is 3.95. The summed E-state index contributed by atoms with van der Waals surface area (Å²) in [6.07, 6.45) is 4.54. The van der Waals surface area contributed by atoms with Gasteiger partial charge in [0.15, 0.2) is 11.5 Å². The maximum Gasteiger partial charge on any atom is 0.261 e. The third-order valence-corrected chi connectivity index (χ3v) is 5.51. The van der Waals surface area contributed by atoms with Gasteiger partial charge in [-0.1, -0.05) is 12.1 Å². The number of thiophene rings is 1. The van der Waals surface area contributed by atoms with Crippen LogP contribution in [0.5, 0.6) is 11.5 Å². The van der Waals surface area contributed by atoms with Crippen LogP contribution < -0.4 is 14.8 Å². The highest BCUT2D eigenvalue weighted by Gasteiger charge is 2.22. The standard InChI is InChI=1S/C18H19NO3S/c20-18(17-9-12-5-1-4-8-16(12)23-17)19-10-13-11-21-14-6-2-3-7-15(14)22-13/h2-3,6-7,9,13H,1,4-5,8,10-11H2,(H,19,20)/t13-/m0/s1. The number of amides is 1. The number of hydrogen-bond donors (Lipinski definition) is 1. The number of hydrogen-bond acceptors (Lipinski definition) is 4. The number of carbonyl (C=O) groups excluding carboxylic acids is 1. The van der Waals surface area contributed by atoms with E-state index in [9.17, 15) is 4.79 Å². The Hall–Kier alpha value is -2.01. The minimum Gasteiger partial charge on any atom is -0.486 e. The molecule has 0 radical (unpaired) electrons. The van der Waals surface area contributed by atoms with E-state index >= 15 is 0 Å². The molecule has 2 heterocycles. The fourth-order valence-electron chi connectivity index (χ4n) is 3.06. The fraction of sp³-hybridized carbons (Fsp3) is 0.389. The molecule has 0 saturated heterocycles. The summed E-state index contributed by atoms with van der Waals surface area (Å²) in [5.74, 6) is 1.50. The molecule has 4 nitrogen and oxygen atoms in total. The molecule has 23 heavy (non-hydrogen) atoms. The van der Waals surface area contributed by atoms with Crippen molar-refractivity contribution in [1.29, 1.82) is 0 Å². The number of fused-ring (bicyclic) bond motifs is 2. The second-order valence-corrected chi connectivity index (χ2v) is 7.11. The molecule has 1 aromatic carbocycles. The molecule has 120 valence electrons. The Morgan fingerprint density at radius 1 is 1.22 bits per heavy atom. The summed E-state index contributed by atoms with van der Waals surface area (Å²) in [5, 5.41) is 2.98. The van der Waals surface area contributed by atoms with Crippen LogP contribution in [0.3, 0.4) is 0 Å². The number of rotatable bonds is 3. The topological polar surface area (TPSA) is 47.6 Å². The lowest BCUT2D eigenvalue weighted by Crippen LogP contribution is -2.40. The summed E-state index contributed by atoms with van der Waals surface area (Å²) in [4.78, 5) is 14.5. The SMILES string of the molecule is O=C(NC[C@H]1COc2ccccc2O1)c1cc2c(s1)CCCC2. The first-order valence-corrected chi connectivity index (χ1v) is 8.89. The molecule has 1 aromatic heterocycles. The maximum absolute atomic E-state index is 12.4. The Morgan fingerprint density at radius 3 is 2.91 bits per heavy atom. The van der Waals surface area contributed by atoms with Gasteiger partial charge < -0.3 is 14.8 Å². The van der Waals surface area contributed by atoms with Crippen molar-refractivity contribution in [2.45, 2.75) is 31.8 Å². The lowest BCUT2D eigenvalue weighted by molar-refractivity contribution is 0.0791. The van der Waals surface area contributed by atoms with Crippen molar-refractivity contribution in [2.24, 2.45) is 0 Å². The van der Waals surface area contributed by atoms with Crippen LogP contribution in [0.25, 0.3) is 0 Å². The second-order valence-electron chi connectivity index (χ2n) is 5.97. The minimum atomic E-state index is -0.150. The Bertz CT molecular complexity index is 701. The first-order chi connectivity index (χ1) is 11.3. The molecule has 0 fully saturated rings. The molecule has 0 spiro atoms. The van der Waals surface area contributed by atoms with E-state index in [1.54, 1.807) is 11.3 Å². The molecule has 4 rings (SSSR count). The molecule has 2 aromatic rings. The Labute approximate surface area is 139 Å². The van der Waals surface area contributed by atoms with Gasteiger partial charge in [0, 0.05) is 4.88 Å². The van der Waals surface area contributed by atoms with Crippen molar-refractivity contribution in [1.82, 2.24) is 5.32 Å². The quantitative estimate of drug-likeness (QED) is 0.941. The number of carbonyl (C=O) groups is 1. The lowest BCUT2D eigenvalue weighted by atomic mass is 9.99. The van der Waals surface area contributed by atoms with Gasteiger partial charge in [-0.05, 0) is 49.4 Å². The number of aryl methyl sites for hydroxylation is 2. The molecule has 0 unspecified atom stereocenters. The third kappa shape index (κ3) is 3.06. The predicted molar refractivity (Wildman–Crippen MR) is 89.6 cm³/mol. The first-order valence-electron chi connectivity index (χ1n) is 8.08. The summed E-state index contributed by atoms with van der Waals surface area (Å²) < 4.78 is 11.5. The fourth-order valence-corrected chi connectivity index (χ4v) is 4.23. The van der Waals surface area contributed by atoms with Gasteiger partial charge in [-0.25, -0.2) is 0 Å². The predicted octanol–water partition coefficient (Wildman–Crippen LogP) is 3.20. The number of para-hydroxylation sites is 2. The number of benzene rings is 1. The number of ether oxygens (including phenoxy) is 2. The molecule has 2 aliphatic rings. The van der Waals surface area contributed by atoms with Crippen LogP contribution in [0, 0.1) is 0 Å². The monoisotopic (exact) mass is 329 g/mol. The highest BCUT2D eigenvalue weighted by atomic mass is 32.1. The van der Waals surface area contributed by atoms with Crippen LogP contribution in [0.2, 0.25) is 0 Å². The van der Waals surface area contributed by atoms with Gasteiger partial charge in [-0.15, -0.1) is 11.3 Å². The van der Waals surface area contributed by atoms with Crippen molar-refractivity contribution in [2.75, 3.05) is 13.2 Å². The summed E-state index contributed by atoms with van der Waals surface area (Å²) >= 11 is 1.63. The van der Waals surface area contributed by atoms with Crippen LogP contribution in [0.15, 0.2) is 30.3 Å². The van der Waals surface area contributed by atoms with Crippen LogP contribution in [0.4, 0.5) is 0 Å². The maximum atomic E-state index is 12.4. The molecule has 1 amide bonds. The summed E-state index contributed by atoms with van der Waals surface area (Å²) in [5.41, 5.74) is 1.36. The zero-order chi connectivity index (χ0) is 15.6. The summed E-state index contributed by atoms with van der Waals surface area (Å²) in [6.45, 7) is 0.911. The van der Waals surface area contributed by atoms with Gasteiger partial charge in [-0.2, -0.15) is 0 Å². The van der Waals surface area contributed by atoms with Crippen LogP contribution in [0.1, 0.15) is 33.0 Å². The van der Waals surface area contributed by atoms with Gasteiger partial charge in [0.25, 0.3) is 5.91 Å². The molecule has 1 aliphatic carbocycles. The van der Waals surface area contributed by atoms with E-state index in [1.165, 1.54) is 23.3 Å². The molecule has 1 N–H and O–H groups in total. The van der Waals surface area contributed by atoms with Gasteiger partial charge in [0.2, 0.25) is 0 Å². The van der Waals surface area contributed by atoms with Gasteiger partial charge in [-0.3, -0.25) is 4.79 Å². The van der Waals surface area contributed by atoms with E-state index in [0.717, 1.165) is 29.2 Å². The van der Waals surface area contributed by atoms with Crippen molar-refractivity contribution in [3.63, 3.8) is 0 Å². The van der Waals surface area contributed by atoms with Crippen LogP contribution in [-0.2, 0) is 12.8 Å². The molecule has 0 saturated carbocycles. The van der Waals surface area contributed by atoms with E-state index in [4.69, 9.17) is 9.47 Å². The van der Waals surface area contributed by atoms with Gasteiger partial charge >= 0.3 is 0 Å². The molecule has 1 atom stereocenters. The van der Waals surface area contributed by atoms with E-state index < -0.39 is 0 Å². The molecule has 0 bridgehead atoms. The van der Waals surface area contributed by atoms with E-state index in [0.29, 0.717) is 13.2 Å². The molecule has 5 heteroatoms. The molecule has 1 aliphatic heterocycles. The highest BCUT2D eigenvalue weighted by molar-refractivity contribution is 7.14. The van der Waals surface area contributed by atoms with Crippen molar-refractivity contribution < 1.29 is 14.3 Å².